The molecule has 2 aromatic carbocycles. The van der Waals surface area contributed by atoms with Crippen molar-refractivity contribution in [1.29, 1.82) is 0 Å². The number of rotatable bonds is 6. The van der Waals surface area contributed by atoms with Gasteiger partial charge in [0.15, 0.2) is 0 Å². The van der Waals surface area contributed by atoms with E-state index < -0.39 is 25.5 Å². The van der Waals surface area contributed by atoms with Gasteiger partial charge < -0.3 is 9.47 Å². The van der Waals surface area contributed by atoms with Gasteiger partial charge in [-0.2, -0.15) is 0 Å². The third-order valence-electron chi connectivity index (χ3n) is 3.02. The van der Waals surface area contributed by atoms with Gasteiger partial charge in [-0.1, -0.05) is 24.3 Å². The summed E-state index contributed by atoms with van der Waals surface area (Å²) in [6, 6.07) is 10.1. The fraction of sp³-hybridized carbons (Fsp3) is 0.250. The first-order chi connectivity index (χ1) is 11.7. The predicted octanol–water partition coefficient (Wildman–Crippen LogP) is 3.88. The van der Waals surface area contributed by atoms with Gasteiger partial charge in [0.25, 0.3) is 0 Å². The number of fused-ring (bicyclic) bond motifs is 1. The average Bonchev–Trinajstić information content (AvgIpc) is 2.59. The minimum absolute atomic E-state index is 0.330. The summed E-state index contributed by atoms with van der Waals surface area (Å²) in [5.41, 5.74) is 0.884. The summed E-state index contributed by atoms with van der Waals surface area (Å²) in [6.07, 6.45) is -1.55. The van der Waals surface area contributed by atoms with Crippen LogP contribution >= 0.6 is 0 Å². The van der Waals surface area contributed by atoms with E-state index in [9.17, 15) is 18.4 Å². The summed E-state index contributed by atoms with van der Waals surface area (Å²) in [6.45, 7) is -2.19. The first-order valence-electron chi connectivity index (χ1n) is 7.17. The Hall–Kier alpha value is -2.90. The lowest BCUT2D eigenvalue weighted by Gasteiger charge is -2.12. The molecule has 2 rings (SSSR count). The molecular weight excluding hydrogens is 322 g/mol. The largest absolute Gasteiger partial charge is 0.447 e. The van der Waals surface area contributed by atoms with Crippen molar-refractivity contribution in [2.75, 3.05) is 37.2 Å². The molecule has 0 spiro atoms. The zero-order valence-electron chi connectivity index (χ0n) is 12.7. The Kier molecular flexibility index (Phi) is 6.30. The average molecular weight is 338 g/mol. The van der Waals surface area contributed by atoms with E-state index >= 15 is 0 Å². The quantitative estimate of drug-likeness (QED) is 0.838. The molecule has 0 saturated heterocycles. The Balaban J connectivity index is 2.22. The lowest BCUT2D eigenvalue weighted by Crippen LogP contribution is -2.16. The number of carbonyl (C=O) groups excluding carboxylic acids is 2. The number of hydrogen-bond acceptors (Lipinski definition) is 4. The van der Waals surface area contributed by atoms with E-state index in [2.05, 4.69) is 20.1 Å². The van der Waals surface area contributed by atoms with Crippen molar-refractivity contribution in [3.05, 3.63) is 36.4 Å². The third-order valence-corrected chi connectivity index (χ3v) is 3.02. The Morgan fingerprint density at radius 3 is 1.58 bits per heavy atom. The zero-order valence-corrected chi connectivity index (χ0v) is 12.7. The molecule has 0 fully saturated rings. The van der Waals surface area contributed by atoms with Gasteiger partial charge in [-0.15, -0.1) is 0 Å². The Labute approximate surface area is 136 Å². The summed E-state index contributed by atoms with van der Waals surface area (Å²) in [5.74, 6) is 0. The molecule has 0 aliphatic rings. The molecule has 0 radical (unpaired) electrons. The van der Waals surface area contributed by atoms with Gasteiger partial charge in [-0.25, -0.2) is 18.4 Å². The maximum absolute atomic E-state index is 12.0. The third kappa shape index (κ3) is 4.55. The first-order valence-corrected chi connectivity index (χ1v) is 7.17. The second kappa shape index (κ2) is 8.66. The zero-order chi connectivity index (χ0) is 17.4. The van der Waals surface area contributed by atoms with Crippen LogP contribution in [0.2, 0.25) is 0 Å². The van der Waals surface area contributed by atoms with Crippen LogP contribution in [0.25, 0.3) is 10.8 Å². The minimum Gasteiger partial charge on any atom is -0.447 e. The first kappa shape index (κ1) is 17.5. The van der Waals surface area contributed by atoms with Gasteiger partial charge >= 0.3 is 12.2 Å². The number of amides is 2. The van der Waals surface area contributed by atoms with Crippen LogP contribution in [0.1, 0.15) is 0 Å². The van der Waals surface area contributed by atoms with Gasteiger partial charge in [0, 0.05) is 10.8 Å². The highest BCUT2D eigenvalue weighted by atomic mass is 19.1. The van der Waals surface area contributed by atoms with Crippen LogP contribution in [0.3, 0.4) is 0 Å². The minimum atomic E-state index is -0.777. The molecule has 2 amide bonds. The number of carbonyl (C=O) groups is 2. The van der Waals surface area contributed by atoms with Crippen molar-refractivity contribution in [2.45, 2.75) is 0 Å². The number of halogens is 2. The summed E-state index contributed by atoms with van der Waals surface area (Å²) in [7, 11) is 0. The summed E-state index contributed by atoms with van der Waals surface area (Å²) >= 11 is 0. The Bertz CT molecular complexity index is 663. The van der Waals surface area contributed by atoms with E-state index in [0.717, 1.165) is 0 Å². The molecule has 0 heterocycles. The molecule has 128 valence electrons. The molecule has 2 N–H and O–H groups in total. The number of hydrogen-bond donors (Lipinski definition) is 2. The van der Waals surface area contributed by atoms with Crippen molar-refractivity contribution >= 4 is 34.3 Å². The molecule has 6 nitrogen and oxygen atoms in total. The lowest BCUT2D eigenvalue weighted by molar-refractivity contribution is 0.151. The fourth-order valence-corrected chi connectivity index (χ4v) is 2.08. The smallest absolute Gasteiger partial charge is 0.411 e. The highest BCUT2D eigenvalue weighted by Gasteiger charge is 2.10. The molecule has 24 heavy (non-hydrogen) atoms. The predicted molar refractivity (Wildman–Crippen MR) is 85.8 cm³/mol. The van der Waals surface area contributed by atoms with Crippen LogP contribution in [0.5, 0.6) is 0 Å². The van der Waals surface area contributed by atoms with Crippen molar-refractivity contribution in [3.8, 4) is 0 Å². The molecule has 0 aromatic heterocycles. The van der Waals surface area contributed by atoms with Crippen molar-refractivity contribution in [3.63, 3.8) is 0 Å². The van der Waals surface area contributed by atoms with Crippen LogP contribution in [0.15, 0.2) is 36.4 Å². The van der Waals surface area contributed by atoms with Gasteiger partial charge in [0.1, 0.15) is 26.6 Å². The van der Waals surface area contributed by atoms with E-state index in [1.165, 1.54) is 0 Å². The van der Waals surface area contributed by atoms with Crippen LogP contribution in [0, 0.1) is 0 Å². The van der Waals surface area contributed by atoms with Gasteiger partial charge in [-0.05, 0) is 12.1 Å². The highest BCUT2D eigenvalue weighted by molar-refractivity contribution is 6.07. The van der Waals surface area contributed by atoms with E-state index in [4.69, 9.17) is 0 Å². The lowest BCUT2D eigenvalue weighted by atomic mass is 10.1. The van der Waals surface area contributed by atoms with Gasteiger partial charge in [-0.3, -0.25) is 10.6 Å². The molecule has 0 aliphatic heterocycles. The maximum atomic E-state index is 12.0. The second-order valence-electron chi connectivity index (χ2n) is 4.61. The highest BCUT2D eigenvalue weighted by Crippen LogP contribution is 2.29. The summed E-state index contributed by atoms with van der Waals surface area (Å²) in [4.78, 5) is 23.1. The van der Waals surface area contributed by atoms with Crippen LogP contribution in [-0.2, 0) is 9.47 Å². The molecule has 0 unspecified atom stereocenters. The van der Waals surface area contributed by atoms with E-state index in [1.807, 2.05) is 0 Å². The van der Waals surface area contributed by atoms with Crippen molar-refractivity contribution < 1.29 is 27.8 Å². The SMILES string of the molecule is O=C(Nc1cccc2c(NC(=O)OCCF)cccc12)OCCF. The molecule has 2 aromatic rings. The maximum Gasteiger partial charge on any atom is 0.411 e. The van der Waals surface area contributed by atoms with Crippen LogP contribution < -0.4 is 10.6 Å². The molecule has 0 bridgehead atoms. The van der Waals surface area contributed by atoms with Crippen molar-refractivity contribution in [1.82, 2.24) is 0 Å². The Morgan fingerprint density at radius 1 is 0.792 bits per heavy atom. The van der Waals surface area contributed by atoms with Gasteiger partial charge in [0.05, 0.1) is 11.4 Å². The molecule has 0 saturated carbocycles. The summed E-state index contributed by atoms with van der Waals surface area (Å²) in [5, 5.41) is 6.30. The topological polar surface area (TPSA) is 76.7 Å². The number of anilines is 2. The monoisotopic (exact) mass is 338 g/mol. The number of benzene rings is 2. The van der Waals surface area contributed by atoms with Gasteiger partial charge in [0.2, 0.25) is 0 Å². The second-order valence-corrected chi connectivity index (χ2v) is 4.61. The van der Waals surface area contributed by atoms with E-state index in [0.29, 0.717) is 22.1 Å². The Morgan fingerprint density at radius 2 is 1.21 bits per heavy atom. The summed E-state index contributed by atoms with van der Waals surface area (Å²) < 4.78 is 33.3. The van der Waals surface area contributed by atoms with Crippen LogP contribution in [-0.4, -0.2) is 38.7 Å². The fourth-order valence-electron chi connectivity index (χ4n) is 2.08. The van der Waals surface area contributed by atoms with Crippen LogP contribution in [0.4, 0.5) is 29.7 Å². The van der Waals surface area contributed by atoms with E-state index in [1.54, 1.807) is 36.4 Å². The number of alkyl halides is 2. The number of nitrogens with one attached hydrogen (secondary N) is 2. The molecular formula is C16H16F2N2O4. The normalized spacial score (nSPS) is 10.2. The number of ether oxygens (including phenoxy) is 2. The molecule has 8 heteroatoms. The standard InChI is InChI=1S/C16H16F2N2O4/c17-7-9-23-15(21)19-13-5-1-3-11-12(13)4-2-6-14(11)20-16(22)24-10-8-18/h1-6H,7-10H2,(H,19,21)(H,20,22). The molecule has 0 aliphatic carbocycles. The van der Waals surface area contributed by atoms with Crippen molar-refractivity contribution in [2.24, 2.45) is 0 Å². The molecule has 0 atom stereocenters. The van der Waals surface area contributed by atoms with E-state index in [-0.39, 0.29) is 13.2 Å².